The second kappa shape index (κ2) is 576. The predicted octanol–water partition coefficient (Wildman–Crippen LogP) is -6.33. The summed E-state index contributed by atoms with van der Waals surface area (Å²) in [5, 5.41) is 0. The van der Waals surface area contributed by atoms with E-state index in [1.807, 2.05) is 0 Å². The maximum Gasteiger partial charge on any atom is 2.00 e. The molecule has 0 radical (unpaired) electrons. The summed E-state index contributed by atoms with van der Waals surface area (Å²) < 4.78 is 0. The zero-order valence-corrected chi connectivity index (χ0v) is 8.14. The molecule has 0 spiro atoms. The Morgan fingerprint density at radius 2 is 0.400 bits per heavy atom. The van der Waals surface area contributed by atoms with E-state index in [0.29, 0.717) is 0 Å². The second-order valence-electron chi connectivity index (χ2n) is 0. The summed E-state index contributed by atoms with van der Waals surface area (Å²) in [7, 11) is 0. The maximum absolute atomic E-state index is 0. The molecule has 0 aromatic carbocycles. The van der Waals surface area contributed by atoms with E-state index in [9.17, 15) is 0 Å². The molecule has 0 saturated heterocycles. The molecule has 0 aromatic heterocycles. The average molecular weight is 223 g/mol. The van der Waals surface area contributed by atoms with Crippen molar-refractivity contribution >= 4 is 50.1 Å². The van der Waals surface area contributed by atoms with Crippen molar-refractivity contribution in [3.05, 3.63) is 0 Å². The summed E-state index contributed by atoms with van der Waals surface area (Å²) in [4.78, 5) is 0. The van der Waals surface area contributed by atoms with Crippen molar-refractivity contribution in [3.8, 4) is 0 Å². The molecule has 0 saturated carbocycles. The van der Waals surface area contributed by atoms with Gasteiger partial charge in [-0.1, -0.05) is 0 Å². The summed E-state index contributed by atoms with van der Waals surface area (Å²) in [6.07, 6.45) is 0. The van der Waals surface area contributed by atoms with E-state index in [1.165, 1.54) is 0 Å². The first-order chi connectivity index (χ1) is 0. The van der Waals surface area contributed by atoms with Crippen molar-refractivity contribution in [1.82, 2.24) is 0 Å². The molecule has 10 heteroatoms. The van der Waals surface area contributed by atoms with E-state index in [1.54, 1.807) is 0 Å². The van der Waals surface area contributed by atoms with Crippen LogP contribution in [0.1, 0.15) is 2.85 Å². The van der Waals surface area contributed by atoms with Crippen LogP contribution in [0.4, 0.5) is 0 Å². The van der Waals surface area contributed by atoms with Crippen LogP contribution in [0.25, 0.3) is 0 Å². The molecule has 0 atom stereocenters. The summed E-state index contributed by atoms with van der Waals surface area (Å²) in [5.41, 5.74) is 0. The molecular formula is H19CaClO8. The van der Waals surface area contributed by atoms with Crippen LogP contribution in [0.5, 0.6) is 0 Å². The minimum atomic E-state index is 0. The van der Waals surface area contributed by atoms with Gasteiger partial charge in [-0.05, 0) is 0 Å². The predicted molar refractivity (Wildman–Crippen MR) is 44.1 cm³/mol. The zero-order chi connectivity index (χ0) is 0. The average Bonchev–Trinajstić information content (AvgIpc) is 0. The Morgan fingerprint density at radius 1 is 0.400 bits per heavy atom. The van der Waals surface area contributed by atoms with Crippen LogP contribution in [-0.4, -0.2) is 81.5 Å². The molecule has 76 valence electrons. The second-order valence-corrected chi connectivity index (χ2v) is 0. The van der Waals surface area contributed by atoms with Crippen molar-refractivity contribution < 1.29 is 46.7 Å². The van der Waals surface area contributed by atoms with Gasteiger partial charge in [0.1, 0.15) is 0 Å². The van der Waals surface area contributed by atoms with Crippen LogP contribution in [-0.2, 0) is 0 Å². The molecule has 0 aliphatic heterocycles. The largest absolute Gasteiger partial charge is 2.00 e. The molecular weight excluding hydrogens is 204 g/mol. The van der Waals surface area contributed by atoms with Gasteiger partial charge in [-0.15, -0.1) is 12.4 Å². The van der Waals surface area contributed by atoms with Gasteiger partial charge in [0.05, 0.1) is 0 Å². The fourth-order valence-corrected chi connectivity index (χ4v) is 0. The smallest absolute Gasteiger partial charge is 1.00 e. The molecule has 8 nitrogen and oxygen atoms in total. The first-order valence-electron chi connectivity index (χ1n) is 0. The fourth-order valence-electron chi connectivity index (χ4n) is 0. The first kappa shape index (κ1) is 777. The van der Waals surface area contributed by atoms with E-state index in [-0.39, 0.29) is 96.8 Å². The van der Waals surface area contributed by atoms with Crippen molar-refractivity contribution in [2.75, 3.05) is 0 Å². The minimum Gasteiger partial charge on any atom is -1.00 e. The molecule has 0 heterocycles. The molecule has 0 rings (SSSR count). The summed E-state index contributed by atoms with van der Waals surface area (Å²) >= 11 is 0. The first-order valence-corrected chi connectivity index (χ1v) is 0. The van der Waals surface area contributed by atoms with Crippen molar-refractivity contribution in [3.63, 3.8) is 0 Å². The van der Waals surface area contributed by atoms with Gasteiger partial charge in [0, 0.05) is 0 Å². The van der Waals surface area contributed by atoms with Gasteiger partial charge in [-0.2, -0.15) is 0 Å². The third kappa shape index (κ3) is 413. The Morgan fingerprint density at radius 3 is 0.400 bits per heavy atom. The van der Waals surface area contributed by atoms with Gasteiger partial charge < -0.3 is 46.7 Å². The number of hydrogen-bond acceptors (Lipinski definition) is 0. The fraction of sp³-hybridized carbons (Fsp3) is 0. The van der Waals surface area contributed by atoms with Crippen LogP contribution in [0, 0.1) is 0 Å². The minimum absolute atomic E-state index is 0. The van der Waals surface area contributed by atoms with Crippen molar-refractivity contribution in [2.24, 2.45) is 0 Å². The van der Waals surface area contributed by atoms with Crippen molar-refractivity contribution in [1.29, 1.82) is 0 Å². The Kier molecular flexibility index (Phi) is 44800. The molecule has 0 bridgehead atoms. The van der Waals surface area contributed by atoms with Crippen LogP contribution in [0.3, 0.4) is 0 Å². The maximum atomic E-state index is 0. The van der Waals surface area contributed by atoms with Gasteiger partial charge in [0.2, 0.25) is 0 Å². The third-order valence-corrected chi connectivity index (χ3v) is 0. The van der Waals surface area contributed by atoms with Crippen LogP contribution < -0.4 is 0 Å². The molecule has 0 fully saturated rings. The van der Waals surface area contributed by atoms with E-state index >= 15 is 0 Å². The van der Waals surface area contributed by atoms with Crippen LogP contribution in [0.15, 0.2) is 0 Å². The molecule has 16 N–H and O–H groups in total. The van der Waals surface area contributed by atoms with E-state index < -0.39 is 0 Å². The van der Waals surface area contributed by atoms with Gasteiger partial charge >= 0.3 is 37.7 Å². The quantitative estimate of drug-likeness (QED) is 0.346. The molecule has 0 aliphatic rings. The number of hydrogen-bond donors (Lipinski definition) is 0. The Labute approximate surface area is 96.5 Å². The van der Waals surface area contributed by atoms with E-state index in [4.69, 9.17) is 0 Å². The Balaban J connectivity index is 0. The standard InChI is InChI=1S/Ca.ClH.8H2O.2H/h;1H;8*1H2;;/q+2;;;;;;;;;;2*-1. The third-order valence-electron chi connectivity index (χ3n) is 0. The normalized spacial score (nSPS) is 0. The van der Waals surface area contributed by atoms with Crippen LogP contribution >= 0.6 is 12.4 Å². The summed E-state index contributed by atoms with van der Waals surface area (Å²) in [6.45, 7) is 0. The van der Waals surface area contributed by atoms with E-state index in [2.05, 4.69) is 0 Å². The van der Waals surface area contributed by atoms with Gasteiger partial charge in [0.25, 0.3) is 0 Å². The van der Waals surface area contributed by atoms with Gasteiger partial charge in [-0.3, -0.25) is 0 Å². The van der Waals surface area contributed by atoms with Crippen molar-refractivity contribution in [2.45, 2.75) is 0 Å². The molecule has 0 unspecified atom stereocenters. The SMILES string of the molecule is Cl.O.O.O.O.O.O.O.O.[Ca+2].[H-].[H-]. The zero-order valence-electron chi connectivity index (χ0n) is 7.12. The summed E-state index contributed by atoms with van der Waals surface area (Å²) in [6, 6.07) is 0. The molecule has 0 amide bonds. The Hall–Kier alpha value is 1.23. The molecule has 0 aliphatic carbocycles. The monoisotopic (exact) mass is 222 g/mol. The van der Waals surface area contributed by atoms with Gasteiger partial charge in [-0.25, -0.2) is 0 Å². The molecule has 10 heavy (non-hydrogen) atoms. The topological polar surface area (TPSA) is 252 Å². The summed E-state index contributed by atoms with van der Waals surface area (Å²) in [5.74, 6) is 0. The Bertz CT molecular complexity index is 17.0. The van der Waals surface area contributed by atoms with Gasteiger partial charge in [0.15, 0.2) is 0 Å². The van der Waals surface area contributed by atoms with Crippen LogP contribution in [0.2, 0.25) is 0 Å². The number of halogens is 1. The number of rotatable bonds is 0. The van der Waals surface area contributed by atoms with E-state index in [0.717, 1.165) is 0 Å². The molecule has 0 aromatic rings.